The maximum absolute atomic E-state index is 14.6. The molecule has 3 N–H and O–H groups in total. The third-order valence-electron chi connectivity index (χ3n) is 16.2. The van der Waals surface area contributed by atoms with Crippen molar-refractivity contribution in [2.24, 2.45) is 56.2 Å². The summed E-state index contributed by atoms with van der Waals surface area (Å²) >= 11 is 0. The quantitative estimate of drug-likeness (QED) is 0.279. The third kappa shape index (κ3) is 4.27. The number of hydrogen-bond donors (Lipinski definition) is 3. The van der Waals surface area contributed by atoms with Gasteiger partial charge in [0, 0.05) is 6.54 Å². The minimum Gasteiger partial charge on any atom is -0.478 e. The van der Waals surface area contributed by atoms with Crippen molar-refractivity contribution in [2.75, 3.05) is 0 Å². The summed E-state index contributed by atoms with van der Waals surface area (Å²) in [5.41, 5.74) is 2.37. The molecule has 5 aliphatic carbocycles. The maximum atomic E-state index is 14.6. The van der Waals surface area contributed by atoms with E-state index in [1.54, 1.807) is 18.2 Å². The van der Waals surface area contributed by atoms with E-state index >= 15 is 0 Å². The van der Waals surface area contributed by atoms with Gasteiger partial charge >= 0.3 is 5.97 Å². The van der Waals surface area contributed by atoms with Crippen molar-refractivity contribution < 1.29 is 19.8 Å². The number of allylic oxidation sites excluding steroid dienone is 1. The molecule has 248 valence electrons. The molecule has 0 saturated heterocycles. The number of amides is 1. The van der Waals surface area contributed by atoms with Crippen LogP contribution in [0.5, 0.6) is 0 Å². The van der Waals surface area contributed by atoms with Gasteiger partial charge in [0.25, 0.3) is 0 Å². The molecule has 5 nitrogen and oxygen atoms in total. The van der Waals surface area contributed by atoms with Crippen molar-refractivity contribution in [3.63, 3.8) is 0 Å². The highest BCUT2D eigenvalue weighted by atomic mass is 16.4. The molecular formula is C40H59NO4. The number of carbonyl (C=O) groups is 2. The fourth-order valence-electron chi connectivity index (χ4n) is 13.8. The number of rotatable bonds is 6. The molecule has 0 aromatic heterocycles. The molecule has 1 aromatic carbocycles. The summed E-state index contributed by atoms with van der Waals surface area (Å²) < 4.78 is 0. The van der Waals surface area contributed by atoms with Crippen LogP contribution in [-0.4, -0.2) is 28.2 Å². The molecule has 1 aromatic rings. The topological polar surface area (TPSA) is 86.6 Å². The minimum atomic E-state index is -0.946. The summed E-state index contributed by atoms with van der Waals surface area (Å²) in [5.74, 6) is 0.960. The van der Waals surface area contributed by atoms with E-state index in [4.69, 9.17) is 0 Å². The normalized spacial score (nSPS) is 44.9. The number of aliphatic hydroxyl groups is 1. The van der Waals surface area contributed by atoms with Crippen LogP contribution in [0.3, 0.4) is 0 Å². The molecule has 5 saturated carbocycles. The van der Waals surface area contributed by atoms with Gasteiger partial charge in [0.15, 0.2) is 0 Å². The van der Waals surface area contributed by atoms with Gasteiger partial charge in [0.1, 0.15) is 0 Å². The largest absolute Gasteiger partial charge is 0.478 e. The molecule has 1 amide bonds. The van der Waals surface area contributed by atoms with Crippen LogP contribution >= 0.6 is 0 Å². The Labute approximate surface area is 272 Å². The molecule has 5 aliphatic rings. The molecule has 45 heavy (non-hydrogen) atoms. The lowest BCUT2D eigenvalue weighted by Crippen LogP contribution is -2.71. The van der Waals surface area contributed by atoms with Gasteiger partial charge in [-0.3, -0.25) is 4.79 Å². The molecule has 0 aliphatic heterocycles. The molecular weight excluding hydrogens is 558 g/mol. The van der Waals surface area contributed by atoms with Crippen molar-refractivity contribution >= 4 is 11.9 Å². The molecule has 8 unspecified atom stereocenters. The van der Waals surface area contributed by atoms with E-state index in [0.29, 0.717) is 24.3 Å². The minimum absolute atomic E-state index is 0.0457. The first-order valence-corrected chi connectivity index (χ1v) is 18.0. The fraction of sp³-hybridized carbons (Fsp3) is 0.750. The van der Waals surface area contributed by atoms with Crippen LogP contribution in [0.1, 0.15) is 135 Å². The Hall–Kier alpha value is -2.14. The summed E-state index contributed by atoms with van der Waals surface area (Å²) in [6, 6.07) is 6.95. The fourth-order valence-corrected chi connectivity index (χ4v) is 13.8. The van der Waals surface area contributed by atoms with Crippen LogP contribution in [0.4, 0.5) is 0 Å². The van der Waals surface area contributed by atoms with E-state index in [-0.39, 0.29) is 50.6 Å². The Morgan fingerprint density at radius 3 is 2.31 bits per heavy atom. The van der Waals surface area contributed by atoms with Crippen LogP contribution in [-0.2, 0) is 11.3 Å². The summed E-state index contributed by atoms with van der Waals surface area (Å²) in [4.78, 5) is 26.2. The number of carboxylic acid groups (broad SMARTS) is 1. The Balaban J connectivity index is 1.38. The van der Waals surface area contributed by atoms with Gasteiger partial charge in [-0.25, -0.2) is 4.79 Å². The summed E-state index contributed by atoms with van der Waals surface area (Å²) in [7, 11) is 0. The van der Waals surface area contributed by atoms with Crippen molar-refractivity contribution in [1.82, 2.24) is 5.32 Å². The Bertz CT molecular complexity index is 1380. The van der Waals surface area contributed by atoms with Crippen molar-refractivity contribution in [2.45, 2.75) is 132 Å². The number of aromatic carboxylic acids is 1. The second kappa shape index (κ2) is 10.7. The van der Waals surface area contributed by atoms with Crippen LogP contribution in [0.25, 0.3) is 0 Å². The average molecular weight is 618 g/mol. The number of aliphatic hydroxyl groups excluding tert-OH is 1. The van der Waals surface area contributed by atoms with Gasteiger partial charge in [-0.1, -0.05) is 65.8 Å². The van der Waals surface area contributed by atoms with Gasteiger partial charge in [-0.05, 0) is 146 Å². The number of carbonyl (C=O) groups excluding carboxylic acids is 1. The first kappa shape index (κ1) is 32.8. The second-order valence-electron chi connectivity index (χ2n) is 17.6. The number of fused-ring (bicyclic) bond motifs is 7. The predicted molar refractivity (Wildman–Crippen MR) is 179 cm³/mol. The van der Waals surface area contributed by atoms with Crippen LogP contribution in [0.2, 0.25) is 0 Å². The lowest BCUT2D eigenvalue weighted by atomic mass is 9.28. The molecule has 0 radical (unpaired) electrons. The van der Waals surface area contributed by atoms with Crippen LogP contribution in [0.15, 0.2) is 36.4 Å². The monoisotopic (exact) mass is 617 g/mol. The van der Waals surface area contributed by atoms with Gasteiger partial charge in [0.05, 0.1) is 17.1 Å². The van der Waals surface area contributed by atoms with Crippen molar-refractivity contribution in [1.29, 1.82) is 0 Å². The molecule has 10 atom stereocenters. The number of benzene rings is 1. The van der Waals surface area contributed by atoms with Crippen LogP contribution < -0.4 is 5.32 Å². The molecule has 5 fully saturated rings. The van der Waals surface area contributed by atoms with E-state index in [2.05, 4.69) is 60.4 Å². The average Bonchev–Trinajstić information content (AvgIpc) is 3.41. The second-order valence-corrected chi connectivity index (χ2v) is 17.6. The summed E-state index contributed by atoms with van der Waals surface area (Å²) in [6.07, 6.45) is 11.5. The van der Waals surface area contributed by atoms with Crippen molar-refractivity contribution in [3.8, 4) is 0 Å². The highest BCUT2D eigenvalue weighted by Gasteiger charge is 2.76. The Morgan fingerprint density at radius 2 is 1.64 bits per heavy atom. The zero-order chi connectivity index (χ0) is 32.8. The molecule has 6 rings (SSSR count). The zero-order valence-corrected chi connectivity index (χ0v) is 29.1. The van der Waals surface area contributed by atoms with E-state index in [1.807, 2.05) is 6.07 Å². The highest BCUT2D eigenvalue weighted by Crippen LogP contribution is 2.82. The van der Waals surface area contributed by atoms with E-state index in [0.717, 1.165) is 56.9 Å². The number of carboxylic acids is 1. The molecule has 0 bridgehead atoms. The lowest BCUT2D eigenvalue weighted by Gasteiger charge is -2.76. The van der Waals surface area contributed by atoms with Gasteiger partial charge in [0.2, 0.25) is 5.91 Å². The van der Waals surface area contributed by atoms with E-state index in [9.17, 15) is 19.8 Å². The highest BCUT2D eigenvalue weighted by molar-refractivity contribution is 5.88. The van der Waals surface area contributed by atoms with E-state index < -0.39 is 11.4 Å². The number of nitrogens with one attached hydrogen (secondary N) is 1. The predicted octanol–water partition coefficient (Wildman–Crippen LogP) is 8.80. The molecule has 0 spiro atoms. The molecule has 5 heteroatoms. The summed E-state index contributed by atoms with van der Waals surface area (Å²) in [5, 5.41) is 24.0. The van der Waals surface area contributed by atoms with Gasteiger partial charge in [-0.15, -0.1) is 0 Å². The maximum Gasteiger partial charge on any atom is 0.335 e. The van der Waals surface area contributed by atoms with Gasteiger partial charge in [-0.2, -0.15) is 0 Å². The smallest absolute Gasteiger partial charge is 0.335 e. The van der Waals surface area contributed by atoms with Crippen LogP contribution in [0, 0.1) is 56.2 Å². The van der Waals surface area contributed by atoms with Gasteiger partial charge < -0.3 is 15.5 Å². The first-order chi connectivity index (χ1) is 21.0. The summed E-state index contributed by atoms with van der Waals surface area (Å²) in [6.45, 7) is 22.0. The Morgan fingerprint density at radius 1 is 0.933 bits per heavy atom. The first-order valence-electron chi connectivity index (χ1n) is 18.0. The SMILES string of the molecule is C=C(C)[C@@H]1CCC2(C(=O)NCc3cccc(C(=O)O)c3)CC[C@@]3(C)C4(C)CCC5C(C)(C)C(O)CCC5(C)C4CCC3(CC)C12. The standard InChI is InChI=1S/C40H59NO4/c1-9-40-20-15-30-36(6)17-16-31(42)35(4,5)29(36)14-18-37(30,7)38(40,8)21-22-39(19-13-28(25(2)3)32(39)40)34(45)41-24-26-11-10-12-27(23-26)33(43)44/h10-12,23,28-32,42H,2,9,13-22,24H2,1,3-8H3,(H,41,45)(H,43,44)/t28-,29?,30?,31?,32?,36?,37?,38-,39?,40?/m0/s1. The number of hydrogen-bond acceptors (Lipinski definition) is 3. The molecule has 0 heterocycles. The lowest BCUT2D eigenvalue weighted by molar-refractivity contribution is -0.281. The third-order valence-corrected chi connectivity index (χ3v) is 16.2. The van der Waals surface area contributed by atoms with E-state index in [1.165, 1.54) is 24.8 Å². The Kier molecular flexibility index (Phi) is 7.79. The zero-order valence-electron chi connectivity index (χ0n) is 29.1. The van der Waals surface area contributed by atoms with Crippen molar-refractivity contribution in [3.05, 3.63) is 47.5 Å².